The van der Waals surface area contributed by atoms with Crippen LogP contribution in [0.3, 0.4) is 0 Å². The van der Waals surface area contributed by atoms with Crippen LogP contribution in [0.2, 0.25) is 0 Å². The molecule has 1 aromatic carbocycles. The molecule has 1 rings (SSSR count). The molecule has 0 aliphatic heterocycles. The summed E-state index contributed by atoms with van der Waals surface area (Å²) in [5.41, 5.74) is 2.10. The highest BCUT2D eigenvalue weighted by Crippen LogP contribution is 2.35. The number of phenolic OH excluding ortho intramolecular Hbond substituents is 1. The monoisotopic (exact) mass is 318 g/mol. The molecule has 0 saturated heterocycles. The first-order chi connectivity index (χ1) is 10.8. The Labute approximate surface area is 142 Å². The highest BCUT2D eigenvalue weighted by atomic mass is 16.3. The van der Waals surface area contributed by atoms with E-state index in [-0.39, 0.29) is 16.9 Å². The zero-order chi connectivity index (χ0) is 17.5. The largest absolute Gasteiger partial charge is 0.507 e. The van der Waals surface area contributed by atoms with Crippen molar-refractivity contribution in [3.63, 3.8) is 0 Å². The number of rotatable bonds is 9. The number of unbranched alkanes of at least 4 members (excludes halogenated alkanes) is 6. The lowest BCUT2D eigenvalue weighted by Crippen LogP contribution is -2.14. The van der Waals surface area contributed by atoms with Gasteiger partial charge < -0.3 is 5.11 Å². The van der Waals surface area contributed by atoms with E-state index in [2.05, 4.69) is 27.7 Å². The SMILES string of the molecule is CCCCCCCCCC(=O)c1c(C)ccc(C(C)(C)C)c1O. The number of carbonyl (C=O) groups excluding carboxylic acids is 1. The Morgan fingerprint density at radius 2 is 1.57 bits per heavy atom. The van der Waals surface area contributed by atoms with E-state index >= 15 is 0 Å². The van der Waals surface area contributed by atoms with E-state index in [0.29, 0.717) is 12.0 Å². The highest BCUT2D eigenvalue weighted by Gasteiger charge is 2.23. The topological polar surface area (TPSA) is 37.3 Å². The maximum atomic E-state index is 12.5. The van der Waals surface area contributed by atoms with Crippen molar-refractivity contribution in [2.75, 3.05) is 0 Å². The third-order valence-corrected chi connectivity index (χ3v) is 4.48. The van der Waals surface area contributed by atoms with E-state index in [1.807, 2.05) is 19.1 Å². The first-order valence-corrected chi connectivity index (χ1v) is 9.15. The minimum absolute atomic E-state index is 0.0830. The number of aryl methyl sites for hydroxylation is 1. The van der Waals surface area contributed by atoms with Crippen LogP contribution in [0.25, 0.3) is 0 Å². The molecule has 0 aromatic heterocycles. The standard InChI is InChI=1S/C21H34O2/c1-6-7-8-9-10-11-12-13-18(22)19-16(2)14-15-17(20(19)23)21(3,4)5/h14-15,23H,6-13H2,1-5H3. The summed E-state index contributed by atoms with van der Waals surface area (Å²) in [4.78, 5) is 12.5. The average Bonchev–Trinajstić information content (AvgIpc) is 2.45. The van der Waals surface area contributed by atoms with Gasteiger partial charge in [0, 0.05) is 6.42 Å². The van der Waals surface area contributed by atoms with E-state index in [4.69, 9.17) is 0 Å². The molecule has 1 aromatic rings. The predicted molar refractivity (Wildman–Crippen MR) is 98.5 cm³/mol. The fourth-order valence-corrected chi connectivity index (χ4v) is 3.02. The molecule has 1 N–H and O–H groups in total. The number of hydrogen-bond donors (Lipinski definition) is 1. The van der Waals surface area contributed by atoms with Gasteiger partial charge in [-0.15, -0.1) is 0 Å². The molecule has 0 unspecified atom stereocenters. The van der Waals surface area contributed by atoms with Crippen LogP contribution < -0.4 is 0 Å². The van der Waals surface area contributed by atoms with Gasteiger partial charge in [0.05, 0.1) is 5.56 Å². The van der Waals surface area contributed by atoms with Gasteiger partial charge in [0.15, 0.2) is 5.78 Å². The van der Waals surface area contributed by atoms with Crippen LogP contribution in [0.1, 0.15) is 101 Å². The van der Waals surface area contributed by atoms with E-state index in [1.54, 1.807) is 0 Å². The third kappa shape index (κ3) is 6.01. The summed E-state index contributed by atoms with van der Waals surface area (Å²) < 4.78 is 0. The molecule has 0 aliphatic rings. The fraction of sp³-hybridized carbons (Fsp3) is 0.667. The van der Waals surface area contributed by atoms with E-state index in [0.717, 1.165) is 24.0 Å². The molecule has 130 valence electrons. The molecule has 0 spiro atoms. The zero-order valence-electron chi connectivity index (χ0n) is 15.7. The Kier molecular flexibility index (Phi) is 7.81. The molecule has 0 saturated carbocycles. The lowest BCUT2D eigenvalue weighted by atomic mass is 9.83. The summed E-state index contributed by atoms with van der Waals surface area (Å²) in [5.74, 6) is 0.269. The Morgan fingerprint density at radius 1 is 1.00 bits per heavy atom. The molecule has 0 fully saturated rings. The van der Waals surface area contributed by atoms with Gasteiger partial charge >= 0.3 is 0 Å². The van der Waals surface area contributed by atoms with Crippen molar-refractivity contribution in [3.8, 4) is 5.75 Å². The first-order valence-electron chi connectivity index (χ1n) is 9.15. The van der Waals surface area contributed by atoms with Gasteiger partial charge in [-0.2, -0.15) is 0 Å². The van der Waals surface area contributed by atoms with Crippen molar-refractivity contribution in [1.82, 2.24) is 0 Å². The molecule has 0 radical (unpaired) electrons. The summed E-state index contributed by atoms with van der Waals surface area (Å²) in [7, 11) is 0. The summed E-state index contributed by atoms with van der Waals surface area (Å²) in [6, 6.07) is 3.90. The van der Waals surface area contributed by atoms with Gasteiger partial charge in [-0.1, -0.05) is 78.4 Å². The number of aromatic hydroxyl groups is 1. The molecular weight excluding hydrogens is 284 g/mol. The van der Waals surface area contributed by atoms with E-state index in [1.165, 1.54) is 32.1 Å². The fourth-order valence-electron chi connectivity index (χ4n) is 3.02. The van der Waals surface area contributed by atoms with Gasteiger partial charge in [-0.3, -0.25) is 4.79 Å². The minimum Gasteiger partial charge on any atom is -0.507 e. The van der Waals surface area contributed by atoms with Crippen molar-refractivity contribution in [3.05, 3.63) is 28.8 Å². The Bertz CT molecular complexity index is 509. The molecule has 0 aliphatic carbocycles. The number of hydrogen-bond acceptors (Lipinski definition) is 2. The Balaban J connectivity index is 2.63. The second kappa shape index (κ2) is 9.10. The van der Waals surface area contributed by atoms with Crippen molar-refractivity contribution in [2.45, 2.75) is 91.4 Å². The van der Waals surface area contributed by atoms with Crippen LogP contribution in [0.15, 0.2) is 12.1 Å². The molecule has 2 nitrogen and oxygen atoms in total. The Morgan fingerprint density at radius 3 is 2.13 bits per heavy atom. The van der Waals surface area contributed by atoms with Gasteiger partial charge in [0.1, 0.15) is 5.75 Å². The molecular formula is C21H34O2. The third-order valence-electron chi connectivity index (χ3n) is 4.48. The second-order valence-corrected chi connectivity index (χ2v) is 7.70. The lowest BCUT2D eigenvalue weighted by Gasteiger charge is -2.22. The van der Waals surface area contributed by atoms with Gasteiger partial charge in [-0.25, -0.2) is 0 Å². The summed E-state index contributed by atoms with van der Waals surface area (Å²) in [5, 5.41) is 10.6. The van der Waals surface area contributed by atoms with Crippen LogP contribution in [0.5, 0.6) is 5.75 Å². The van der Waals surface area contributed by atoms with Crippen molar-refractivity contribution >= 4 is 5.78 Å². The molecule has 0 amide bonds. The highest BCUT2D eigenvalue weighted by molar-refractivity contribution is 6.00. The van der Waals surface area contributed by atoms with Crippen molar-refractivity contribution in [2.24, 2.45) is 0 Å². The number of carbonyl (C=O) groups is 1. The first kappa shape index (κ1) is 19.7. The van der Waals surface area contributed by atoms with Gasteiger partial charge in [0.25, 0.3) is 0 Å². The lowest BCUT2D eigenvalue weighted by molar-refractivity contribution is 0.0975. The number of ketones is 1. The molecule has 23 heavy (non-hydrogen) atoms. The van der Waals surface area contributed by atoms with Crippen LogP contribution in [0, 0.1) is 6.92 Å². The van der Waals surface area contributed by atoms with Crippen molar-refractivity contribution < 1.29 is 9.90 Å². The quantitative estimate of drug-likeness (QED) is 0.427. The second-order valence-electron chi connectivity index (χ2n) is 7.70. The van der Waals surface area contributed by atoms with E-state index < -0.39 is 0 Å². The van der Waals surface area contributed by atoms with Crippen LogP contribution in [-0.2, 0) is 5.41 Å². The minimum atomic E-state index is -0.161. The summed E-state index contributed by atoms with van der Waals surface area (Å²) >= 11 is 0. The molecule has 2 heteroatoms. The average molecular weight is 319 g/mol. The van der Waals surface area contributed by atoms with Crippen molar-refractivity contribution in [1.29, 1.82) is 0 Å². The summed E-state index contributed by atoms with van der Waals surface area (Å²) in [6.07, 6.45) is 8.92. The van der Waals surface area contributed by atoms with Crippen LogP contribution >= 0.6 is 0 Å². The maximum Gasteiger partial charge on any atom is 0.166 e. The Hall–Kier alpha value is -1.31. The zero-order valence-corrected chi connectivity index (χ0v) is 15.7. The smallest absolute Gasteiger partial charge is 0.166 e. The van der Waals surface area contributed by atoms with Gasteiger partial charge in [-0.05, 0) is 29.9 Å². The maximum absolute atomic E-state index is 12.5. The normalized spacial score (nSPS) is 11.7. The van der Waals surface area contributed by atoms with Crippen LogP contribution in [0.4, 0.5) is 0 Å². The van der Waals surface area contributed by atoms with Gasteiger partial charge in [0.2, 0.25) is 0 Å². The predicted octanol–water partition coefficient (Wildman–Crippen LogP) is 6.32. The number of phenols is 1. The summed E-state index contributed by atoms with van der Waals surface area (Å²) in [6.45, 7) is 10.3. The number of benzene rings is 1. The molecule has 0 heterocycles. The van der Waals surface area contributed by atoms with Crippen LogP contribution in [-0.4, -0.2) is 10.9 Å². The van der Waals surface area contributed by atoms with E-state index in [9.17, 15) is 9.90 Å². The number of Topliss-reactive ketones (excluding diaryl/α,β-unsaturated/α-hetero) is 1. The molecule has 0 bridgehead atoms. The molecule has 0 atom stereocenters.